The molecule has 1 aromatic carbocycles. The van der Waals surface area contributed by atoms with Crippen LogP contribution in [-0.4, -0.2) is 37.6 Å². The van der Waals surface area contributed by atoms with Crippen molar-refractivity contribution < 1.29 is 14.0 Å². The van der Waals surface area contributed by atoms with Crippen LogP contribution in [0.2, 0.25) is 0 Å². The molecule has 0 fully saturated rings. The van der Waals surface area contributed by atoms with E-state index < -0.39 is 17.3 Å². The Morgan fingerprint density at radius 3 is 2.52 bits per heavy atom. The molecule has 0 atom stereocenters. The number of nitrogens with one attached hydrogen (secondary N) is 1. The monoisotopic (exact) mass is 423 g/mol. The minimum absolute atomic E-state index is 0.0216. The maximum atomic E-state index is 13.4. The number of hydrogen-bond acceptors (Lipinski definition) is 4. The molecule has 8 nitrogen and oxygen atoms in total. The fraction of sp³-hybridized carbons (Fsp3) is 0.273. The second-order valence-electron chi connectivity index (χ2n) is 7.57. The van der Waals surface area contributed by atoms with Gasteiger partial charge in [-0.25, -0.2) is 4.39 Å². The molecule has 4 rings (SSSR count). The molecule has 3 aromatic rings. The highest BCUT2D eigenvalue weighted by Crippen LogP contribution is 2.23. The molecule has 1 N–H and O–H groups in total. The fourth-order valence-electron chi connectivity index (χ4n) is 3.76. The Morgan fingerprint density at radius 1 is 1.19 bits per heavy atom. The number of halogens is 1. The lowest BCUT2D eigenvalue weighted by atomic mass is 9.95. The van der Waals surface area contributed by atoms with Gasteiger partial charge in [-0.1, -0.05) is 0 Å². The van der Waals surface area contributed by atoms with Gasteiger partial charge in [0.2, 0.25) is 5.91 Å². The Balaban J connectivity index is 1.85. The van der Waals surface area contributed by atoms with Crippen LogP contribution in [-0.2, 0) is 24.8 Å². The highest BCUT2D eigenvalue weighted by atomic mass is 19.1. The van der Waals surface area contributed by atoms with Crippen LogP contribution < -0.4 is 10.9 Å². The van der Waals surface area contributed by atoms with E-state index in [1.165, 1.54) is 42.0 Å². The average Bonchev–Trinajstić information content (AvgIpc) is 3.05. The summed E-state index contributed by atoms with van der Waals surface area (Å²) in [6.07, 6.45) is 3.55. The number of benzene rings is 1. The number of amides is 2. The van der Waals surface area contributed by atoms with E-state index in [2.05, 4.69) is 10.4 Å². The Morgan fingerprint density at radius 2 is 1.90 bits per heavy atom. The van der Waals surface area contributed by atoms with Gasteiger partial charge >= 0.3 is 0 Å². The first kappa shape index (κ1) is 20.5. The number of anilines is 1. The molecule has 3 heterocycles. The third-order valence-electron chi connectivity index (χ3n) is 5.66. The minimum Gasteiger partial charge on any atom is -0.338 e. The number of aromatic nitrogens is 3. The van der Waals surface area contributed by atoms with Gasteiger partial charge in [0.15, 0.2) is 0 Å². The summed E-state index contributed by atoms with van der Waals surface area (Å²) in [5.74, 6) is -1.05. The lowest BCUT2D eigenvalue weighted by Gasteiger charge is -2.29. The maximum absolute atomic E-state index is 13.4. The highest BCUT2D eigenvalue weighted by Gasteiger charge is 2.28. The van der Waals surface area contributed by atoms with Crippen LogP contribution in [0.1, 0.15) is 34.1 Å². The molecule has 0 saturated carbocycles. The van der Waals surface area contributed by atoms with E-state index in [1.807, 2.05) is 6.92 Å². The predicted molar refractivity (Wildman–Crippen MR) is 113 cm³/mol. The van der Waals surface area contributed by atoms with E-state index in [4.69, 9.17) is 0 Å². The van der Waals surface area contributed by atoms with Gasteiger partial charge in [0.05, 0.1) is 17.6 Å². The van der Waals surface area contributed by atoms with Gasteiger partial charge in [0.25, 0.3) is 11.5 Å². The second-order valence-corrected chi connectivity index (χ2v) is 7.57. The summed E-state index contributed by atoms with van der Waals surface area (Å²) in [5, 5.41) is 6.90. The van der Waals surface area contributed by atoms with Crippen molar-refractivity contribution in [2.45, 2.75) is 26.8 Å². The lowest BCUT2D eigenvalue weighted by molar-refractivity contribution is -0.129. The smallest absolute Gasteiger partial charge is 0.268 e. The van der Waals surface area contributed by atoms with E-state index >= 15 is 0 Å². The average molecular weight is 423 g/mol. The van der Waals surface area contributed by atoms with Crippen LogP contribution in [0, 0.1) is 12.7 Å². The molecule has 9 heteroatoms. The maximum Gasteiger partial charge on any atom is 0.268 e. The van der Waals surface area contributed by atoms with Crippen molar-refractivity contribution in [3.63, 3.8) is 0 Å². The zero-order valence-corrected chi connectivity index (χ0v) is 17.5. The van der Waals surface area contributed by atoms with Crippen molar-refractivity contribution in [3.8, 4) is 5.69 Å². The first-order chi connectivity index (χ1) is 14.8. The Bertz CT molecular complexity index is 1240. The largest absolute Gasteiger partial charge is 0.338 e. The predicted octanol–water partition coefficient (Wildman–Crippen LogP) is 2.18. The molecule has 0 bridgehead atoms. The van der Waals surface area contributed by atoms with Crippen LogP contribution in [0.25, 0.3) is 5.69 Å². The second kappa shape index (κ2) is 7.82. The van der Waals surface area contributed by atoms with Crippen LogP contribution in [0.15, 0.2) is 41.5 Å². The van der Waals surface area contributed by atoms with Crippen molar-refractivity contribution >= 4 is 17.5 Å². The number of rotatable bonds is 3. The molecule has 160 valence electrons. The number of aryl methyl sites for hydroxylation is 1. The number of hydrogen-bond donors (Lipinski definition) is 1. The summed E-state index contributed by atoms with van der Waals surface area (Å²) in [6.45, 7) is 4.01. The fourth-order valence-corrected chi connectivity index (χ4v) is 3.76. The van der Waals surface area contributed by atoms with E-state index in [1.54, 1.807) is 22.8 Å². The number of nitrogens with zero attached hydrogens (tertiary/aromatic N) is 4. The quantitative estimate of drug-likeness (QED) is 0.699. The van der Waals surface area contributed by atoms with Gasteiger partial charge in [0, 0.05) is 38.9 Å². The van der Waals surface area contributed by atoms with Crippen molar-refractivity contribution in [1.82, 2.24) is 19.2 Å². The van der Waals surface area contributed by atoms with Crippen molar-refractivity contribution in [2.75, 3.05) is 11.9 Å². The minimum atomic E-state index is -0.537. The molecule has 1 aliphatic rings. The summed E-state index contributed by atoms with van der Waals surface area (Å²) in [6, 6.07) is 5.45. The van der Waals surface area contributed by atoms with E-state index in [-0.39, 0.29) is 11.5 Å². The normalized spacial score (nSPS) is 13.1. The molecular formula is C22H22FN5O3. The standard InChI is InChI=1S/C22H22FN5O3/c1-13-19(10-24-26(13)3)25-21(30)20-18-8-9-27(14(2)29)11-15(18)12-28(22(20)31)17-6-4-16(23)5-7-17/h4-7,10,12H,8-9,11H2,1-3H3,(H,25,30). The molecule has 31 heavy (non-hydrogen) atoms. The van der Waals surface area contributed by atoms with Crippen molar-refractivity contribution in [3.05, 3.63) is 75.2 Å². The molecular weight excluding hydrogens is 401 g/mol. The zero-order chi connectivity index (χ0) is 22.3. The number of pyridine rings is 1. The Hall–Kier alpha value is -3.75. The third-order valence-corrected chi connectivity index (χ3v) is 5.66. The van der Waals surface area contributed by atoms with Gasteiger partial charge in [0.1, 0.15) is 11.4 Å². The number of carbonyl (C=O) groups excluding carboxylic acids is 2. The summed E-state index contributed by atoms with van der Waals surface area (Å²) < 4.78 is 16.4. The molecule has 2 amide bonds. The van der Waals surface area contributed by atoms with Crippen molar-refractivity contribution in [1.29, 1.82) is 0 Å². The van der Waals surface area contributed by atoms with Gasteiger partial charge in [-0.3, -0.25) is 23.6 Å². The van der Waals surface area contributed by atoms with E-state index in [0.29, 0.717) is 42.0 Å². The summed E-state index contributed by atoms with van der Waals surface area (Å²) in [5.41, 5.74) is 2.55. The zero-order valence-electron chi connectivity index (χ0n) is 17.5. The van der Waals surface area contributed by atoms with Gasteiger partial charge in [-0.05, 0) is 48.7 Å². The molecule has 0 unspecified atom stereocenters. The Labute approximate surface area is 177 Å². The SMILES string of the molecule is CC(=O)N1CCc2c(cn(-c3ccc(F)cc3)c(=O)c2C(=O)Nc2cnn(C)c2C)C1. The third kappa shape index (κ3) is 3.74. The lowest BCUT2D eigenvalue weighted by Crippen LogP contribution is -2.39. The molecule has 0 aliphatic carbocycles. The summed E-state index contributed by atoms with van der Waals surface area (Å²) >= 11 is 0. The number of carbonyl (C=O) groups is 2. The molecule has 1 aliphatic heterocycles. The van der Waals surface area contributed by atoms with E-state index in [9.17, 15) is 18.8 Å². The highest BCUT2D eigenvalue weighted by molar-refractivity contribution is 6.05. The first-order valence-corrected chi connectivity index (χ1v) is 9.85. The molecule has 0 radical (unpaired) electrons. The summed E-state index contributed by atoms with van der Waals surface area (Å²) in [4.78, 5) is 40.1. The first-order valence-electron chi connectivity index (χ1n) is 9.85. The molecule has 0 spiro atoms. The van der Waals surface area contributed by atoms with Crippen LogP contribution in [0.4, 0.5) is 10.1 Å². The van der Waals surface area contributed by atoms with Crippen LogP contribution in [0.3, 0.4) is 0 Å². The van der Waals surface area contributed by atoms with Gasteiger partial charge in [-0.2, -0.15) is 5.10 Å². The van der Waals surface area contributed by atoms with Crippen molar-refractivity contribution in [2.24, 2.45) is 7.05 Å². The number of fused-ring (bicyclic) bond motifs is 1. The van der Waals surface area contributed by atoms with Crippen LogP contribution >= 0.6 is 0 Å². The molecule has 0 saturated heterocycles. The van der Waals surface area contributed by atoms with Gasteiger partial charge < -0.3 is 10.2 Å². The summed E-state index contributed by atoms with van der Waals surface area (Å²) in [7, 11) is 1.76. The molecule has 2 aromatic heterocycles. The Kier molecular flexibility index (Phi) is 5.18. The topological polar surface area (TPSA) is 89.2 Å². The van der Waals surface area contributed by atoms with Gasteiger partial charge in [-0.15, -0.1) is 0 Å². The van der Waals surface area contributed by atoms with Crippen LogP contribution in [0.5, 0.6) is 0 Å². The van der Waals surface area contributed by atoms with E-state index in [0.717, 1.165) is 5.69 Å².